The molecule has 3 fully saturated rings. The fourth-order valence-corrected chi connectivity index (χ4v) is 4.51. The molecule has 0 amide bonds. The summed E-state index contributed by atoms with van der Waals surface area (Å²) in [6, 6.07) is 1.53. The molecule has 4 heteroatoms. The second-order valence-electron chi connectivity index (χ2n) is 6.63. The van der Waals surface area contributed by atoms with Gasteiger partial charge in [0.2, 0.25) is 0 Å². The maximum atomic E-state index is 5.06. The third kappa shape index (κ3) is 2.60. The van der Waals surface area contributed by atoms with Crippen LogP contribution in [0.15, 0.2) is 0 Å². The van der Waals surface area contributed by atoms with Gasteiger partial charge >= 0.3 is 0 Å². The minimum absolute atomic E-state index is 0.734. The molecule has 0 spiro atoms. The van der Waals surface area contributed by atoms with Crippen LogP contribution in [0.4, 0.5) is 5.13 Å². The van der Waals surface area contributed by atoms with Gasteiger partial charge in [0.25, 0.3) is 0 Å². The van der Waals surface area contributed by atoms with E-state index in [0.29, 0.717) is 0 Å². The summed E-state index contributed by atoms with van der Waals surface area (Å²) in [5.74, 6) is 0.777. The zero-order valence-electron chi connectivity index (χ0n) is 12.4. The Kier molecular flexibility index (Phi) is 3.47. The minimum Gasteiger partial charge on any atom is -0.345 e. The molecule has 0 bridgehead atoms. The summed E-state index contributed by atoms with van der Waals surface area (Å²) < 4.78 is 0. The van der Waals surface area contributed by atoms with Crippen molar-refractivity contribution in [3.63, 3.8) is 0 Å². The van der Waals surface area contributed by atoms with Crippen molar-refractivity contribution < 1.29 is 0 Å². The number of hydrogen-bond donors (Lipinski definition) is 1. The highest BCUT2D eigenvalue weighted by Crippen LogP contribution is 2.45. The van der Waals surface area contributed by atoms with Crippen LogP contribution in [0.2, 0.25) is 0 Å². The van der Waals surface area contributed by atoms with Crippen LogP contribution in [0.1, 0.15) is 68.4 Å². The normalized spacial score (nSPS) is 26.4. The Morgan fingerprint density at radius 3 is 2.80 bits per heavy atom. The largest absolute Gasteiger partial charge is 0.345 e. The van der Waals surface area contributed by atoms with Gasteiger partial charge < -0.3 is 10.2 Å². The molecule has 2 aliphatic carbocycles. The van der Waals surface area contributed by atoms with E-state index in [2.05, 4.69) is 17.1 Å². The second-order valence-corrected chi connectivity index (χ2v) is 7.69. The third-order valence-corrected chi connectivity index (χ3v) is 6.01. The van der Waals surface area contributed by atoms with Gasteiger partial charge in [-0.25, -0.2) is 4.98 Å². The summed E-state index contributed by atoms with van der Waals surface area (Å²) in [5.41, 5.74) is 1.43. The number of hydrogen-bond acceptors (Lipinski definition) is 4. The average Bonchev–Trinajstić information content (AvgIpc) is 3.38. The lowest BCUT2D eigenvalue weighted by Crippen LogP contribution is -2.28. The van der Waals surface area contributed by atoms with E-state index in [1.54, 1.807) is 0 Å². The molecule has 0 radical (unpaired) electrons. The first kappa shape index (κ1) is 13.1. The highest BCUT2D eigenvalue weighted by Gasteiger charge is 2.33. The Morgan fingerprint density at radius 1 is 1.25 bits per heavy atom. The summed E-state index contributed by atoms with van der Waals surface area (Å²) in [6.07, 6.45) is 9.40. The fourth-order valence-electron chi connectivity index (χ4n) is 3.31. The topological polar surface area (TPSA) is 28.2 Å². The van der Waals surface area contributed by atoms with Crippen molar-refractivity contribution in [3.8, 4) is 0 Å². The Labute approximate surface area is 125 Å². The van der Waals surface area contributed by atoms with Gasteiger partial charge in [0, 0.05) is 36.0 Å². The maximum absolute atomic E-state index is 5.06. The molecule has 3 nitrogen and oxygen atoms in total. The first-order valence-corrected chi connectivity index (χ1v) is 9.16. The molecule has 1 N–H and O–H groups in total. The monoisotopic (exact) mass is 291 g/mol. The molecule has 1 aliphatic heterocycles. The van der Waals surface area contributed by atoms with Gasteiger partial charge in [-0.3, -0.25) is 0 Å². The molecule has 110 valence electrons. The van der Waals surface area contributed by atoms with Crippen LogP contribution >= 0.6 is 11.3 Å². The van der Waals surface area contributed by atoms with Crippen molar-refractivity contribution in [2.24, 2.45) is 0 Å². The van der Waals surface area contributed by atoms with E-state index in [4.69, 9.17) is 4.98 Å². The Balaban J connectivity index is 1.54. The molecular weight excluding hydrogens is 266 g/mol. The quantitative estimate of drug-likeness (QED) is 0.867. The number of aromatic nitrogens is 1. The molecule has 4 rings (SSSR count). The lowest BCUT2D eigenvalue weighted by molar-refractivity contribution is 0.643. The van der Waals surface area contributed by atoms with Crippen molar-refractivity contribution in [1.29, 1.82) is 0 Å². The molecule has 1 unspecified atom stereocenters. The van der Waals surface area contributed by atoms with Gasteiger partial charge in [0.05, 0.1) is 5.69 Å². The summed E-state index contributed by atoms with van der Waals surface area (Å²) in [4.78, 5) is 9.16. The van der Waals surface area contributed by atoms with Gasteiger partial charge in [0.15, 0.2) is 5.13 Å². The lowest BCUT2D eigenvalue weighted by atomic mass is 10.2. The predicted molar refractivity (Wildman–Crippen MR) is 84.6 cm³/mol. The molecular formula is C16H25N3S. The van der Waals surface area contributed by atoms with Crippen molar-refractivity contribution in [2.45, 2.75) is 76.4 Å². The standard InChI is InChI=1S/C16H25N3S/c1-2-13-4-3-9-19(13)16-18-15(11-5-6-11)14(20-16)10-17-12-7-8-12/h11-13,17H,2-10H2,1H3. The van der Waals surface area contributed by atoms with Crippen LogP contribution in [-0.4, -0.2) is 23.6 Å². The third-order valence-electron chi connectivity index (χ3n) is 4.90. The maximum Gasteiger partial charge on any atom is 0.186 e. The van der Waals surface area contributed by atoms with Gasteiger partial charge in [-0.15, -0.1) is 11.3 Å². The number of rotatable bonds is 6. The van der Waals surface area contributed by atoms with Gasteiger partial charge in [-0.05, 0) is 44.9 Å². The van der Waals surface area contributed by atoms with Crippen LogP contribution in [0.25, 0.3) is 0 Å². The molecule has 3 aliphatic rings. The molecule has 1 atom stereocenters. The van der Waals surface area contributed by atoms with E-state index in [9.17, 15) is 0 Å². The first-order valence-electron chi connectivity index (χ1n) is 8.34. The molecule has 2 saturated carbocycles. The summed E-state index contributed by atoms with van der Waals surface area (Å²) in [5, 5.41) is 4.99. The van der Waals surface area contributed by atoms with E-state index in [0.717, 1.165) is 24.5 Å². The number of nitrogens with one attached hydrogen (secondary N) is 1. The lowest BCUT2D eigenvalue weighted by Gasteiger charge is -2.22. The van der Waals surface area contributed by atoms with Crippen LogP contribution in [0.5, 0.6) is 0 Å². The number of nitrogens with zero attached hydrogens (tertiary/aromatic N) is 2. The first-order chi connectivity index (χ1) is 9.85. The molecule has 1 aromatic heterocycles. The van der Waals surface area contributed by atoms with Gasteiger partial charge in [0.1, 0.15) is 0 Å². The van der Waals surface area contributed by atoms with Gasteiger partial charge in [-0.1, -0.05) is 6.92 Å². The highest BCUT2D eigenvalue weighted by molar-refractivity contribution is 7.15. The van der Waals surface area contributed by atoms with E-state index < -0.39 is 0 Å². The van der Waals surface area contributed by atoms with Crippen molar-refractivity contribution in [2.75, 3.05) is 11.4 Å². The Hall–Kier alpha value is -0.610. The van der Waals surface area contributed by atoms with Crippen molar-refractivity contribution in [1.82, 2.24) is 10.3 Å². The summed E-state index contributed by atoms with van der Waals surface area (Å²) in [6.45, 7) is 4.58. The van der Waals surface area contributed by atoms with E-state index in [1.165, 1.54) is 67.2 Å². The molecule has 20 heavy (non-hydrogen) atoms. The molecule has 0 aromatic carbocycles. The summed E-state index contributed by atoms with van der Waals surface area (Å²) >= 11 is 1.97. The minimum atomic E-state index is 0.734. The smallest absolute Gasteiger partial charge is 0.186 e. The zero-order chi connectivity index (χ0) is 13.5. The number of thiazole rings is 1. The Morgan fingerprint density at radius 2 is 2.10 bits per heavy atom. The Bertz CT molecular complexity index is 476. The van der Waals surface area contributed by atoms with Crippen LogP contribution in [0, 0.1) is 0 Å². The zero-order valence-corrected chi connectivity index (χ0v) is 13.2. The molecule has 1 aromatic rings. The van der Waals surface area contributed by atoms with E-state index in [-0.39, 0.29) is 0 Å². The van der Waals surface area contributed by atoms with E-state index in [1.807, 2.05) is 11.3 Å². The average molecular weight is 291 g/mol. The molecule has 2 heterocycles. The van der Waals surface area contributed by atoms with Gasteiger partial charge in [-0.2, -0.15) is 0 Å². The SMILES string of the molecule is CCC1CCCN1c1nc(C2CC2)c(CNC2CC2)s1. The second kappa shape index (κ2) is 5.30. The molecule has 1 saturated heterocycles. The van der Waals surface area contributed by atoms with Crippen LogP contribution in [-0.2, 0) is 6.54 Å². The van der Waals surface area contributed by atoms with Crippen molar-refractivity contribution in [3.05, 3.63) is 10.6 Å². The van der Waals surface area contributed by atoms with Crippen LogP contribution in [0.3, 0.4) is 0 Å². The highest BCUT2D eigenvalue weighted by atomic mass is 32.1. The predicted octanol–water partition coefficient (Wildman–Crippen LogP) is 3.65. The number of anilines is 1. The fraction of sp³-hybridized carbons (Fsp3) is 0.812. The van der Waals surface area contributed by atoms with E-state index >= 15 is 0 Å². The van der Waals surface area contributed by atoms with Crippen molar-refractivity contribution >= 4 is 16.5 Å². The summed E-state index contributed by atoms with van der Waals surface area (Å²) in [7, 11) is 0. The van der Waals surface area contributed by atoms with Crippen LogP contribution < -0.4 is 10.2 Å².